The number of benzene rings is 2. The summed E-state index contributed by atoms with van der Waals surface area (Å²) in [7, 11) is -7.20. The maximum atomic E-state index is 12.6. The Labute approximate surface area is 169 Å². The van der Waals surface area contributed by atoms with E-state index in [1.807, 2.05) is 0 Å². The van der Waals surface area contributed by atoms with E-state index >= 15 is 0 Å². The Hall–Kier alpha value is -2.56. The van der Waals surface area contributed by atoms with Crippen molar-refractivity contribution < 1.29 is 26.4 Å². The van der Waals surface area contributed by atoms with Gasteiger partial charge >= 0.3 is 0 Å². The van der Waals surface area contributed by atoms with Gasteiger partial charge in [-0.1, -0.05) is 6.07 Å². The van der Waals surface area contributed by atoms with E-state index in [2.05, 4.69) is 10.0 Å². The van der Waals surface area contributed by atoms with Gasteiger partial charge in [-0.15, -0.1) is 0 Å². The first-order chi connectivity index (χ1) is 13.6. The fourth-order valence-electron chi connectivity index (χ4n) is 2.97. The van der Waals surface area contributed by atoms with Gasteiger partial charge in [-0.05, 0) is 55.8 Å². The van der Waals surface area contributed by atoms with Gasteiger partial charge in [0.05, 0.1) is 16.4 Å². The molecule has 0 saturated carbocycles. The molecule has 2 N–H and O–H groups in total. The second-order valence-corrected chi connectivity index (χ2v) is 10.8. The highest BCUT2D eigenvalue weighted by Crippen LogP contribution is 2.18. The predicted molar refractivity (Wildman–Crippen MR) is 108 cm³/mol. The summed E-state index contributed by atoms with van der Waals surface area (Å²) in [5.74, 6) is -0.891. The van der Waals surface area contributed by atoms with Crippen molar-refractivity contribution in [1.82, 2.24) is 4.72 Å². The highest BCUT2D eigenvalue weighted by Gasteiger charge is 2.31. The molecule has 3 rings (SSSR count). The summed E-state index contributed by atoms with van der Waals surface area (Å²) in [6.07, 6.45) is 0.220. The van der Waals surface area contributed by atoms with Crippen LogP contribution in [0.3, 0.4) is 0 Å². The van der Waals surface area contributed by atoms with Crippen LogP contribution < -0.4 is 10.0 Å². The lowest BCUT2D eigenvalue weighted by molar-refractivity contribution is 0.101. The molecule has 1 amide bonds. The first-order valence-electron chi connectivity index (χ1n) is 8.81. The molecule has 0 aromatic heterocycles. The van der Waals surface area contributed by atoms with Gasteiger partial charge in [0.1, 0.15) is 0 Å². The summed E-state index contributed by atoms with van der Waals surface area (Å²) in [6, 6.07) is 11.1. The zero-order chi connectivity index (χ0) is 21.2. The quantitative estimate of drug-likeness (QED) is 0.663. The second kappa shape index (κ2) is 8.05. The van der Waals surface area contributed by atoms with Crippen molar-refractivity contribution in [3.8, 4) is 0 Å². The molecule has 154 valence electrons. The third-order valence-corrected chi connectivity index (χ3v) is 7.80. The lowest BCUT2D eigenvalue weighted by Gasteiger charge is -2.12. The van der Waals surface area contributed by atoms with Crippen LogP contribution in [0.5, 0.6) is 0 Å². The summed E-state index contributed by atoms with van der Waals surface area (Å²) in [4.78, 5) is 23.7. The minimum Gasteiger partial charge on any atom is -0.322 e. The number of nitrogens with one attached hydrogen (secondary N) is 2. The predicted octanol–water partition coefficient (Wildman–Crippen LogP) is 1.61. The number of hydrogen-bond donors (Lipinski definition) is 2. The molecule has 0 bridgehead atoms. The van der Waals surface area contributed by atoms with Gasteiger partial charge in [0.15, 0.2) is 15.6 Å². The number of ketones is 1. The third kappa shape index (κ3) is 5.28. The molecule has 2 aromatic rings. The number of amides is 1. The van der Waals surface area contributed by atoms with E-state index < -0.39 is 31.8 Å². The highest BCUT2D eigenvalue weighted by atomic mass is 32.2. The molecule has 8 nitrogen and oxygen atoms in total. The van der Waals surface area contributed by atoms with Gasteiger partial charge in [-0.25, -0.2) is 21.6 Å². The number of anilines is 1. The Morgan fingerprint density at radius 3 is 2.31 bits per heavy atom. The van der Waals surface area contributed by atoms with Gasteiger partial charge in [0.25, 0.3) is 5.91 Å². The summed E-state index contributed by atoms with van der Waals surface area (Å²) in [5, 5.41) is 2.64. The molecule has 1 fully saturated rings. The Bertz CT molecular complexity index is 1160. The maximum Gasteiger partial charge on any atom is 0.255 e. The average Bonchev–Trinajstić information content (AvgIpc) is 3.00. The van der Waals surface area contributed by atoms with E-state index in [9.17, 15) is 26.4 Å². The molecular formula is C19H20N2O6S2. The summed E-state index contributed by atoms with van der Waals surface area (Å²) in [5.41, 5.74) is 1.10. The molecule has 1 aliphatic rings. The van der Waals surface area contributed by atoms with Crippen molar-refractivity contribution >= 4 is 37.2 Å². The average molecular weight is 437 g/mol. The van der Waals surface area contributed by atoms with Crippen LogP contribution in [0.4, 0.5) is 5.69 Å². The molecular weight excluding hydrogens is 416 g/mol. The molecule has 0 radical (unpaired) electrons. The highest BCUT2D eigenvalue weighted by molar-refractivity contribution is 7.92. The maximum absolute atomic E-state index is 12.6. The van der Waals surface area contributed by atoms with Crippen LogP contribution in [0, 0.1) is 0 Å². The second-order valence-electron chi connectivity index (χ2n) is 6.84. The van der Waals surface area contributed by atoms with Crippen LogP contribution >= 0.6 is 0 Å². The standard InChI is InChI=1S/C19H20N2O6S2/c1-13(22)14-5-7-16(8-6-14)20-19(23)15-3-2-4-18(11-15)29(26,27)21-17-9-10-28(24,25)12-17/h2-8,11,17,21H,9-10,12H2,1H3,(H,20,23). The monoisotopic (exact) mass is 436 g/mol. The number of hydrogen-bond acceptors (Lipinski definition) is 6. The van der Waals surface area contributed by atoms with Crippen LogP contribution in [0.25, 0.3) is 0 Å². The molecule has 1 heterocycles. The summed E-state index contributed by atoms with van der Waals surface area (Å²) >= 11 is 0. The van der Waals surface area contributed by atoms with E-state index in [-0.39, 0.29) is 34.2 Å². The van der Waals surface area contributed by atoms with Crippen molar-refractivity contribution in [3.63, 3.8) is 0 Å². The van der Waals surface area contributed by atoms with Crippen molar-refractivity contribution in [3.05, 3.63) is 59.7 Å². The van der Waals surface area contributed by atoms with Crippen molar-refractivity contribution in [2.24, 2.45) is 0 Å². The molecule has 1 saturated heterocycles. The number of sulfonamides is 1. The van der Waals surface area contributed by atoms with Gasteiger partial charge < -0.3 is 5.32 Å². The van der Waals surface area contributed by atoms with E-state index in [0.29, 0.717) is 11.3 Å². The van der Waals surface area contributed by atoms with E-state index in [1.54, 1.807) is 24.3 Å². The number of Topliss-reactive ketones (excluding diaryl/α,β-unsaturated/α-hetero) is 1. The van der Waals surface area contributed by atoms with Gasteiger partial charge in [-0.3, -0.25) is 9.59 Å². The van der Waals surface area contributed by atoms with Crippen LogP contribution in [0.15, 0.2) is 53.4 Å². The van der Waals surface area contributed by atoms with Crippen LogP contribution in [0.2, 0.25) is 0 Å². The van der Waals surface area contributed by atoms with E-state index in [1.165, 1.54) is 31.2 Å². The SMILES string of the molecule is CC(=O)c1ccc(NC(=O)c2cccc(S(=O)(=O)NC3CCS(=O)(=O)C3)c2)cc1. The molecule has 2 aromatic carbocycles. The Morgan fingerprint density at radius 1 is 1.03 bits per heavy atom. The van der Waals surface area contributed by atoms with Crippen molar-refractivity contribution in [2.45, 2.75) is 24.3 Å². The summed E-state index contributed by atoms with van der Waals surface area (Å²) < 4.78 is 50.6. The Kier molecular flexibility index (Phi) is 5.87. The normalized spacial score (nSPS) is 18.3. The zero-order valence-corrected chi connectivity index (χ0v) is 17.2. The lowest BCUT2D eigenvalue weighted by Crippen LogP contribution is -2.35. The van der Waals surface area contributed by atoms with Crippen molar-refractivity contribution in [1.29, 1.82) is 0 Å². The fourth-order valence-corrected chi connectivity index (χ4v) is 6.07. The van der Waals surface area contributed by atoms with Gasteiger partial charge in [-0.2, -0.15) is 0 Å². The summed E-state index contributed by atoms with van der Waals surface area (Å²) in [6.45, 7) is 1.44. The zero-order valence-electron chi connectivity index (χ0n) is 15.6. The first kappa shape index (κ1) is 21.2. The smallest absolute Gasteiger partial charge is 0.255 e. The van der Waals surface area contributed by atoms with Crippen LogP contribution in [-0.4, -0.2) is 46.1 Å². The molecule has 0 spiro atoms. The van der Waals surface area contributed by atoms with Crippen molar-refractivity contribution in [2.75, 3.05) is 16.8 Å². The van der Waals surface area contributed by atoms with E-state index in [0.717, 1.165) is 0 Å². The molecule has 1 aliphatic heterocycles. The molecule has 0 aliphatic carbocycles. The minimum atomic E-state index is -3.97. The van der Waals surface area contributed by atoms with Gasteiger partial charge in [0.2, 0.25) is 10.0 Å². The topological polar surface area (TPSA) is 126 Å². The van der Waals surface area contributed by atoms with Gasteiger partial charge in [0, 0.05) is 22.9 Å². The lowest BCUT2D eigenvalue weighted by atomic mass is 10.1. The number of sulfone groups is 1. The fraction of sp³-hybridized carbons (Fsp3) is 0.263. The Morgan fingerprint density at radius 2 is 1.72 bits per heavy atom. The first-order valence-corrected chi connectivity index (χ1v) is 12.1. The largest absolute Gasteiger partial charge is 0.322 e. The van der Waals surface area contributed by atoms with E-state index in [4.69, 9.17) is 0 Å². The minimum absolute atomic E-state index is 0.0505. The number of carbonyl (C=O) groups excluding carboxylic acids is 2. The molecule has 29 heavy (non-hydrogen) atoms. The number of carbonyl (C=O) groups is 2. The molecule has 1 unspecified atom stereocenters. The van der Waals surface area contributed by atoms with Crippen LogP contribution in [-0.2, 0) is 19.9 Å². The number of rotatable bonds is 6. The Balaban J connectivity index is 1.74. The van der Waals surface area contributed by atoms with Crippen LogP contribution in [0.1, 0.15) is 34.1 Å². The third-order valence-electron chi connectivity index (χ3n) is 4.51. The molecule has 1 atom stereocenters. The molecule has 10 heteroatoms.